The molecule has 2 N–H and O–H groups in total. The molecule has 2 rings (SSSR count). The van der Waals surface area contributed by atoms with Crippen molar-refractivity contribution in [2.45, 2.75) is 40.2 Å². The minimum absolute atomic E-state index is 0.0835. The van der Waals surface area contributed by atoms with E-state index in [1.54, 1.807) is 31.2 Å². The number of nitrogens with one attached hydrogen (secondary N) is 1. The normalized spacial score (nSPS) is 11.8. The summed E-state index contributed by atoms with van der Waals surface area (Å²) in [6.07, 6.45) is 1.25. The number of nitrogens with zero attached hydrogens (tertiary/aromatic N) is 1. The molecule has 0 saturated heterocycles. The Labute approximate surface area is 152 Å². The second kappa shape index (κ2) is 9.03. The molecule has 7 nitrogen and oxygen atoms in total. The van der Waals surface area contributed by atoms with Gasteiger partial charge in [0.2, 0.25) is 0 Å². The van der Waals surface area contributed by atoms with Gasteiger partial charge >= 0.3 is 5.97 Å². The molecule has 1 heterocycles. The van der Waals surface area contributed by atoms with Crippen LogP contribution in [0.25, 0.3) is 0 Å². The summed E-state index contributed by atoms with van der Waals surface area (Å²) in [6.45, 7) is 5.86. The van der Waals surface area contributed by atoms with Crippen molar-refractivity contribution in [3.05, 3.63) is 46.8 Å². The molecule has 7 heteroatoms. The van der Waals surface area contributed by atoms with E-state index in [-0.39, 0.29) is 19.1 Å². The lowest BCUT2D eigenvalue weighted by Crippen LogP contribution is -2.33. The molecule has 0 radical (unpaired) electrons. The lowest BCUT2D eigenvalue weighted by atomic mass is 10.0. The van der Waals surface area contributed by atoms with Gasteiger partial charge in [0.1, 0.15) is 18.1 Å². The second-order valence-electron chi connectivity index (χ2n) is 6.12. The Morgan fingerprint density at radius 3 is 2.65 bits per heavy atom. The highest BCUT2D eigenvalue weighted by Crippen LogP contribution is 2.21. The van der Waals surface area contributed by atoms with Crippen LogP contribution in [0.15, 0.2) is 28.8 Å². The van der Waals surface area contributed by atoms with Gasteiger partial charge in [-0.1, -0.05) is 30.6 Å². The number of aryl methyl sites for hydroxylation is 2. The van der Waals surface area contributed by atoms with Crippen LogP contribution in [0.1, 0.15) is 47.1 Å². The Hall–Kier alpha value is -2.83. The third-order valence-electron chi connectivity index (χ3n) is 4.18. The summed E-state index contributed by atoms with van der Waals surface area (Å²) in [5.41, 5.74) is 1.95. The molecule has 0 aliphatic rings. The van der Waals surface area contributed by atoms with Crippen LogP contribution in [0, 0.1) is 19.8 Å². The van der Waals surface area contributed by atoms with Crippen LogP contribution < -0.4 is 10.1 Å². The standard InChI is InChI=1S/C19H24N2O5/c1-4-7-14(19(23)24)10-20-18(22)15-8-5-6-9-17(15)25-11-16-12(2)21-26-13(16)3/h5-6,8-9,14H,4,7,10-11H2,1-3H3,(H,20,22)(H,23,24). The van der Waals surface area contributed by atoms with E-state index in [2.05, 4.69) is 10.5 Å². The summed E-state index contributed by atoms with van der Waals surface area (Å²) in [5.74, 6) is -0.767. The number of rotatable bonds is 9. The van der Waals surface area contributed by atoms with E-state index in [0.717, 1.165) is 17.7 Å². The molecule has 1 amide bonds. The molecule has 0 spiro atoms. The molecule has 0 aliphatic carbocycles. The molecule has 0 saturated carbocycles. The van der Waals surface area contributed by atoms with E-state index in [4.69, 9.17) is 9.26 Å². The zero-order chi connectivity index (χ0) is 19.1. The highest BCUT2D eigenvalue weighted by molar-refractivity contribution is 5.97. The average Bonchev–Trinajstić information content (AvgIpc) is 2.94. The topological polar surface area (TPSA) is 102 Å². The van der Waals surface area contributed by atoms with Crippen LogP contribution in [-0.4, -0.2) is 28.7 Å². The van der Waals surface area contributed by atoms with Gasteiger partial charge in [-0.3, -0.25) is 9.59 Å². The fourth-order valence-electron chi connectivity index (χ4n) is 2.61. The molecular weight excluding hydrogens is 336 g/mol. The number of carboxylic acids is 1. The summed E-state index contributed by atoms with van der Waals surface area (Å²) in [7, 11) is 0. The number of aromatic nitrogens is 1. The van der Waals surface area contributed by atoms with Crippen molar-refractivity contribution < 1.29 is 24.0 Å². The maximum Gasteiger partial charge on any atom is 0.308 e. The molecular formula is C19H24N2O5. The number of aliphatic carboxylic acids is 1. The minimum Gasteiger partial charge on any atom is -0.488 e. The average molecular weight is 360 g/mol. The molecule has 1 aromatic heterocycles. The lowest BCUT2D eigenvalue weighted by Gasteiger charge is -2.14. The molecule has 0 fully saturated rings. The molecule has 2 aromatic rings. The van der Waals surface area contributed by atoms with Gasteiger partial charge in [0.25, 0.3) is 5.91 Å². The van der Waals surface area contributed by atoms with Gasteiger partial charge in [0.05, 0.1) is 22.7 Å². The molecule has 0 bridgehead atoms. The maximum absolute atomic E-state index is 12.5. The molecule has 0 aliphatic heterocycles. The van der Waals surface area contributed by atoms with Gasteiger partial charge in [-0.15, -0.1) is 0 Å². The van der Waals surface area contributed by atoms with E-state index >= 15 is 0 Å². The highest BCUT2D eigenvalue weighted by atomic mass is 16.5. The number of benzene rings is 1. The largest absolute Gasteiger partial charge is 0.488 e. The van der Waals surface area contributed by atoms with Crippen molar-refractivity contribution in [2.75, 3.05) is 6.54 Å². The molecule has 26 heavy (non-hydrogen) atoms. The first kappa shape index (κ1) is 19.5. The maximum atomic E-state index is 12.5. The van der Waals surface area contributed by atoms with Crippen molar-refractivity contribution in [3.63, 3.8) is 0 Å². The molecule has 140 valence electrons. The van der Waals surface area contributed by atoms with E-state index < -0.39 is 11.9 Å². The summed E-state index contributed by atoms with van der Waals surface area (Å²) in [5, 5.41) is 15.8. The zero-order valence-electron chi connectivity index (χ0n) is 15.2. The number of para-hydroxylation sites is 1. The minimum atomic E-state index is -0.907. The Kier molecular flexibility index (Phi) is 6.77. The number of hydrogen-bond donors (Lipinski definition) is 2. The summed E-state index contributed by atoms with van der Waals surface area (Å²) in [4.78, 5) is 23.7. The Morgan fingerprint density at radius 1 is 1.31 bits per heavy atom. The van der Waals surface area contributed by atoms with Gasteiger partial charge < -0.3 is 19.7 Å². The van der Waals surface area contributed by atoms with Crippen LogP contribution >= 0.6 is 0 Å². The zero-order valence-corrected chi connectivity index (χ0v) is 15.2. The van der Waals surface area contributed by atoms with E-state index in [0.29, 0.717) is 23.5 Å². The third kappa shape index (κ3) is 4.84. The first-order chi connectivity index (χ1) is 12.4. The Morgan fingerprint density at radius 2 is 2.04 bits per heavy atom. The third-order valence-corrected chi connectivity index (χ3v) is 4.18. The number of carbonyl (C=O) groups excluding carboxylic acids is 1. The van der Waals surface area contributed by atoms with Gasteiger partial charge in [-0.2, -0.15) is 0 Å². The Balaban J connectivity index is 2.05. The lowest BCUT2D eigenvalue weighted by molar-refractivity contribution is -0.141. The van der Waals surface area contributed by atoms with Crippen LogP contribution in [0.2, 0.25) is 0 Å². The smallest absolute Gasteiger partial charge is 0.308 e. The number of amides is 1. The van der Waals surface area contributed by atoms with Crippen molar-refractivity contribution in [1.29, 1.82) is 0 Å². The molecule has 1 aromatic carbocycles. The van der Waals surface area contributed by atoms with E-state index in [1.807, 2.05) is 13.8 Å². The predicted octanol–water partition coefficient (Wildman–Crippen LogP) is 3.10. The highest BCUT2D eigenvalue weighted by Gasteiger charge is 2.19. The van der Waals surface area contributed by atoms with Crippen LogP contribution in [0.3, 0.4) is 0 Å². The fraction of sp³-hybridized carbons (Fsp3) is 0.421. The van der Waals surface area contributed by atoms with Crippen molar-refractivity contribution in [1.82, 2.24) is 10.5 Å². The predicted molar refractivity (Wildman–Crippen MR) is 95.1 cm³/mol. The number of carboxylic acid groups (broad SMARTS) is 1. The first-order valence-corrected chi connectivity index (χ1v) is 8.58. The van der Waals surface area contributed by atoms with Gasteiger partial charge in [0, 0.05) is 6.54 Å². The number of hydrogen-bond acceptors (Lipinski definition) is 5. The van der Waals surface area contributed by atoms with Crippen LogP contribution in [0.5, 0.6) is 5.75 Å². The molecule has 1 atom stereocenters. The summed E-state index contributed by atoms with van der Waals surface area (Å²) < 4.78 is 10.9. The Bertz CT molecular complexity index is 750. The van der Waals surface area contributed by atoms with Gasteiger partial charge in [-0.25, -0.2) is 0 Å². The quantitative estimate of drug-likeness (QED) is 0.712. The van der Waals surface area contributed by atoms with Gasteiger partial charge in [-0.05, 0) is 32.4 Å². The van der Waals surface area contributed by atoms with E-state index in [1.165, 1.54) is 0 Å². The van der Waals surface area contributed by atoms with Crippen molar-refractivity contribution in [2.24, 2.45) is 5.92 Å². The van der Waals surface area contributed by atoms with Gasteiger partial charge in [0.15, 0.2) is 0 Å². The SMILES string of the molecule is CCCC(CNC(=O)c1ccccc1OCc1c(C)noc1C)C(=O)O. The van der Waals surface area contributed by atoms with Crippen molar-refractivity contribution in [3.8, 4) is 5.75 Å². The van der Waals surface area contributed by atoms with Crippen LogP contribution in [-0.2, 0) is 11.4 Å². The van der Waals surface area contributed by atoms with E-state index in [9.17, 15) is 14.7 Å². The van der Waals surface area contributed by atoms with Crippen molar-refractivity contribution >= 4 is 11.9 Å². The van der Waals surface area contributed by atoms with Crippen LogP contribution in [0.4, 0.5) is 0 Å². The monoisotopic (exact) mass is 360 g/mol. The second-order valence-corrected chi connectivity index (χ2v) is 6.12. The fourth-order valence-corrected chi connectivity index (χ4v) is 2.61. The summed E-state index contributed by atoms with van der Waals surface area (Å²) in [6, 6.07) is 6.86. The molecule has 1 unspecified atom stereocenters. The number of ether oxygens (including phenoxy) is 1. The number of carbonyl (C=O) groups is 2. The first-order valence-electron chi connectivity index (χ1n) is 8.58. The summed E-state index contributed by atoms with van der Waals surface area (Å²) >= 11 is 0.